The van der Waals surface area contributed by atoms with Gasteiger partial charge in [-0.2, -0.15) is 39.5 Å². The van der Waals surface area contributed by atoms with Gasteiger partial charge in [-0.25, -0.2) is 4.98 Å². The number of aliphatic imine (C=N–C) groups is 1. The average Bonchev–Trinajstić information content (AvgIpc) is 2.86. The minimum Gasteiger partial charge on any atom is -0.296 e. The summed E-state index contributed by atoms with van der Waals surface area (Å²) in [7, 11) is 0. The first-order chi connectivity index (χ1) is 10.3. The van der Waals surface area contributed by atoms with Crippen LogP contribution in [0.2, 0.25) is 0 Å². The summed E-state index contributed by atoms with van der Waals surface area (Å²) in [5, 5.41) is 0. The molecule has 0 aromatic carbocycles. The summed E-state index contributed by atoms with van der Waals surface area (Å²) in [5.41, 5.74) is -8.24. The molecule has 1 unspecified atom stereocenters. The summed E-state index contributed by atoms with van der Waals surface area (Å²) in [6.07, 6.45) is -16.2. The fourth-order valence-electron chi connectivity index (χ4n) is 2.20. The lowest BCUT2D eigenvalue weighted by atomic mass is 9.79. The number of nitrogens with zero attached hydrogens (tertiary/aromatic N) is 2. The van der Waals surface area contributed by atoms with E-state index in [9.17, 15) is 39.5 Å². The van der Waals surface area contributed by atoms with E-state index in [-0.39, 0.29) is 18.7 Å². The highest BCUT2D eigenvalue weighted by Crippen LogP contribution is 2.46. The van der Waals surface area contributed by atoms with Crippen molar-refractivity contribution in [2.24, 2.45) is 4.99 Å². The highest BCUT2D eigenvalue weighted by molar-refractivity contribution is 5.77. The van der Waals surface area contributed by atoms with E-state index in [4.69, 9.17) is 0 Å². The van der Waals surface area contributed by atoms with Crippen LogP contribution in [-0.2, 0) is 17.8 Å². The molecule has 128 valence electrons. The number of hydrogen-bond acceptors (Lipinski definition) is 2. The van der Waals surface area contributed by atoms with Gasteiger partial charge in [0.15, 0.2) is 0 Å². The summed E-state index contributed by atoms with van der Waals surface area (Å²) < 4.78 is 116. The molecule has 0 saturated heterocycles. The van der Waals surface area contributed by atoms with Crippen LogP contribution in [0, 0.1) is 0 Å². The Labute approximate surface area is 123 Å². The number of rotatable bonds is 1. The molecule has 1 atom stereocenters. The lowest BCUT2D eigenvalue weighted by Crippen LogP contribution is -2.42. The Balaban J connectivity index is 2.73. The van der Waals surface area contributed by atoms with Crippen molar-refractivity contribution in [3.05, 3.63) is 29.1 Å². The summed E-state index contributed by atoms with van der Waals surface area (Å²) in [5.74, 6) is 0. The van der Waals surface area contributed by atoms with E-state index in [1.807, 2.05) is 0 Å². The second-order valence-electron chi connectivity index (χ2n) is 4.88. The van der Waals surface area contributed by atoms with Gasteiger partial charge in [0.25, 0.3) is 0 Å². The SMILES string of the molecule is FC(F)(F)c1cc(C2(C(F)(F)F)C=NCC2)cc(C(F)(F)F)n1. The molecule has 0 bridgehead atoms. The van der Waals surface area contributed by atoms with Crippen molar-refractivity contribution in [1.29, 1.82) is 0 Å². The molecule has 2 rings (SSSR count). The number of aromatic nitrogens is 1. The van der Waals surface area contributed by atoms with E-state index < -0.39 is 47.3 Å². The van der Waals surface area contributed by atoms with Crippen LogP contribution in [-0.4, -0.2) is 23.9 Å². The van der Waals surface area contributed by atoms with Gasteiger partial charge in [0.05, 0.1) is 0 Å². The molecule has 23 heavy (non-hydrogen) atoms. The molecular formula is C12H7F9N2. The zero-order chi connectivity index (χ0) is 17.7. The Bertz CT molecular complexity index is 595. The molecule has 0 aliphatic carbocycles. The van der Waals surface area contributed by atoms with Crippen molar-refractivity contribution >= 4 is 6.21 Å². The third kappa shape index (κ3) is 3.13. The molecule has 0 saturated carbocycles. The first-order valence-electron chi connectivity index (χ1n) is 6.02. The van der Waals surface area contributed by atoms with E-state index in [0.29, 0.717) is 6.21 Å². The molecule has 1 aliphatic rings. The summed E-state index contributed by atoms with van der Waals surface area (Å²) in [6, 6.07) is -0.0276. The molecule has 0 amide bonds. The first kappa shape index (κ1) is 17.5. The molecule has 0 fully saturated rings. The van der Waals surface area contributed by atoms with Gasteiger partial charge in [-0.05, 0) is 24.1 Å². The van der Waals surface area contributed by atoms with Crippen molar-refractivity contribution in [3.63, 3.8) is 0 Å². The predicted octanol–water partition coefficient (Wildman–Crippen LogP) is 4.39. The Morgan fingerprint density at radius 2 is 1.30 bits per heavy atom. The standard InChI is InChI=1S/C12H7F9N2/c13-10(14,15)7-3-6(4-8(23-7)11(16,17)18)9(12(19,20)21)1-2-22-5-9/h3-5H,1-2H2. The quantitative estimate of drug-likeness (QED) is 0.690. The van der Waals surface area contributed by atoms with Crippen molar-refractivity contribution < 1.29 is 39.5 Å². The maximum atomic E-state index is 13.3. The van der Waals surface area contributed by atoms with Crippen LogP contribution < -0.4 is 0 Å². The lowest BCUT2D eigenvalue weighted by Gasteiger charge is -2.30. The molecule has 2 heterocycles. The van der Waals surface area contributed by atoms with Gasteiger partial charge in [0.2, 0.25) is 0 Å². The van der Waals surface area contributed by atoms with Gasteiger partial charge in [-0.1, -0.05) is 0 Å². The largest absolute Gasteiger partial charge is 0.433 e. The second-order valence-corrected chi connectivity index (χ2v) is 4.88. The van der Waals surface area contributed by atoms with Crippen LogP contribution >= 0.6 is 0 Å². The van der Waals surface area contributed by atoms with E-state index in [2.05, 4.69) is 9.98 Å². The Morgan fingerprint density at radius 1 is 0.826 bits per heavy atom. The third-order valence-electron chi connectivity index (χ3n) is 3.37. The third-order valence-corrected chi connectivity index (χ3v) is 3.37. The Kier molecular flexibility index (Phi) is 3.89. The highest BCUT2D eigenvalue weighted by atomic mass is 19.4. The van der Waals surface area contributed by atoms with E-state index in [1.54, 1.807) is 0 Å². The molecular weight excluding hydrogens is 343 g/mol. The number of halogens is 9. The molecule has 0 radical (unpaired) electrons. The van der Waals surface area contributed by atoms with E-state index in [0.717, 1.165) is 0 Å². The number of hydrogen-bond donors (Lipinski definition) is 0. The average molecular weight is 350 g/mol. The molecule has 0 spiro atoms. The zero-order valence-electron chi connectivity index (χ0n) is 10.9. The minimum absolute atomic E-state index is 0.0138. The topological polar surface area (TPSA) is 25.2 Å². The molecule has 0 N–H and O–H groups in total. The summed E-state index contributed by atoms with van der Waals surface area (Å²) in [6.45, 7) is -0.357. The van der Waals surface area contributed by atoms with Gasteiger partial charge >= 0.3 is 18.5 Å². The van der Waals surface area contributed by atoms with Crippen LogP contribution in [0.4, 0.5) is 39.5 Å². The molecule has 2 nitrogen and oxygen atoms in total. The number of pyridine rings is 1. The van der Waals surface area contributed by atoms with Gasteiger partial charge in [0.1, 0.15) is 16.8 Å². The van der Waals surface area contributed by atoms with E-state index >= 15 is 0 Å². The Morgan fingerprint density at radius 3 is 1.61 bits per heavy atom. The predicted molar refractivity (Wildman–Crippen MR) is 60.0 cm³/mol. The van der Waals surface area contributed by atoms with Crippen molar-refractivity contribution in [1.82, 2.24) is 4.98 Å². The fourth-order valence-corrected chi connectivity index (χ4v) is 2.20. The van der Waals surface area contributed by atoms with E-state index in [1.165, 1.54) is 0 Å². The van der Waals surface area contributed by atoms with Crippen LogP contribution in [0.25, 0.3) is 0 Å². The van der Waals surface area contributed by atoms with Crippen LogP contribution in [0.1, 0.15) is 23.4 Å². The van der Waals surface area contributed by atoms with Gasteiger partial charge in [0, 0.05) is 12.8 Å². The van der Waals surface area contributed by atoms with Crippen LogP contribution in [0.3, 0.4) is 0 Å². The Hall–Kier alpha value is -1.81. The van der Waals surface area contributed by atoms with Crippen LogP contribution in [0.5, 0.6) is 0 Å². The normalized spacial score (nSPS) is 22.7. The fraction of sp³-hybridized carbons (Fsp3) is 0.500. The number of alkyl halides is 9. The van der Waals surface area contributed by atoms with Crippen LogP contribution in [0.15, 0.2) is 17.1 Å². The van der Waals surface area contributed by atoms with Crippen molar-refractivity contribution in [2.45, 2.75) is 30.4 Å². The van der Waals surface area contributed by atoms with Gasteiger partial charge < -0.3 is 0 Å². The monoisotopic (exact) mass is 350 g/mol. The lowest BCUT2D eigenvalue weighted by molar-refractivity contribution is -0.169. The molecule has 11 heteroatoms. The van der Waals surface area contributed by atoms with Crippen molar-refractivity contribution in [3.8, 4) is 0 Å². The summed E-state index contributed by atoms with van der Waals surface area (Å²) in [4.78, 5) is 5.73. The molecule has 1 aliphatic heterocycles. The second kappa shape index (κ2) is 5.10. The maximum Gasteiger partial charge on any atom is 0.433 e. The van der Waals surface area contributed by atoms with Crippen molar-refractivity contribution in [2.75, 3.05) is 6.54 Å². The highest BCUT2D eigenvalue weighted by Gasteiger charge is 2.57. The smallest absolute Gasteiger partial charge is 0.296 e. The maximum absolute atomic E-state index is 13.3. The minimum atomic E-state index is -5.32. The molecule has 1 aromatic heterocycles. The van der Waals surface area contributed by atoms with Gasteiger partial charge in [-0.3, -0.25) is 4.99 Å². The molecule has 1 aromatic rings. The first-order valence-corrected chi connectivity index (χ1v) is 6.02. The summed E-state index contributed by atoms with van der Waals surface area (Å²) >= 11 is 0. The zero-order valence-corrected chi connectivity index (χ0v) is 10.9. The van der Waals surface area contributed by atoms with Gasteiger partial charge in [-0.15, -0.1) is 0 Å².